The molecule has 1 heterocycles. The Balaban J connectivity index is 1.61. The smallest absolute Gasteiger partial charge is 0.338 e. The first-order valence-electron chi connectivity index (χ1n) is 8.40. The van der Waals surface area contributed by atoms with Crippen LogP contribution in [0.4, 0.5) is 11.4 Å². The number of nitrogens with one attached hydrogen (secondary N) is 1. The van der Waals surface area contributed by atoms with Crippen molar-refractivity contribution in [1.29, 1.82) is 0 Å². The van der Waals surface area contributed by atoms with Gasteiger partial charge in [-0.3, -0.25) is 9.59 Å². The SMILES string of the molecule is CC(=O)Nc1ccc(C(=O)OCC(=O)N2c3ccccc3C[C@@H]2C)cc1. The van der Waals surface area contributed by atoms with Gasteiger partial charge in [0.05, 0.1) is 5.56 Å². The lowest BCUT2D eigenvalue weighted by Gasteiger charge is -2.22. The largest absolute Gasteiger partial charge is 0.452 e. The first kappa shape index (κ1) is 17.7. The molecule has 0 unspecified atom stereocenters. The lowest BCUT2D eigenvalue weighted by molar-refractivity contribution is -0.122. The van der Waals surface area contributed by atoms with Crippen molar-refractivity contribution in [3.05, 3.63) is 59.7 Å². The minimum absolute atomic E-state index is 0.0375. The third kappa shape index (κ3) is 3.74. The van der Waals surface area contributed by atoms with Crippen LogP contribution in [0.15, 0.2) is 48.5 Å². The van der Waals surface area contributed by atoms with Gasteiger partial charge in [0, 0.05) is 24.3 Å². The molecular weight excluding hydrogens is 332 g/mol. The normalized spacial score (nSPS) is 15.3. The average molecular weight is 352 g/mol. The van der Waals surface area contributed by atoms with E-state index in [1.165, 1.54) is 6.92 Å². The maximum Gasteiger partial charge on any atom is 0.338 e. The summed E-state index contributed by atoms with van der Waals surface area (Å²) in [5, 5.41) is 2.62. The van der Waals surface area contributed by atoms with E-state index in [9.17, 15) is 14.4 Å². The molecule has 1 aliphatic heterocycles. The Labute approximate surface area is 151 Å². The zero-order valence-corrected chi connectivity index (χ0v) is 14.7. The van der Waals surface area contributed by atoms with E-state index < -0.39 is 5.97 Å². The summed E-state index contributed by atoms with van der Waals surface area (Å²) in [6.45, 7) is 3.07. The topological polar surface area (TPSA) is 75.7 Å². The van der Waals surface area contributed by atoms with E-state index >= 15 is 0 Å². The molecule has 1 aliphatic rings. The molecule has 134 valence electrons. The highest BCUT2D eigenvalue weighted by Crippen LogP contribution is 2.31. The minimum Gasteiger partial charge on any atom is -0.452 e. The summed E-state index contributed by atoms with van der Waals surface area (Å²) in [5.74, 6) is -1.01. The van der Waals surface area contributed by atoms with Gasteiger partial charge in [0.2, 0.25) is 5.91 Å². The van der Waals surface area contributed by atoms with Crippen molar-refractivity contribution < 1.29 is 19.1 Å². The van der Waals surface area contributed by atoms with Crippen LogP contribution in [0.25, 0.3) is 0 Å². The highest BCUT2D eigenvalue weighted by Gasteiger charge is 2.30. The average Bonchev–Trinajstić information content (AvgIpc) is 2.95. The third-order valence-corrected chi connectivity index (χ3v) is 4.24. The molecule has 1 N–H and O–H groups in total. The molecule has 1 atom stereocenters. The van der Waals surface area contributed by atoms with Gasteiger partial charge in [-0.05, 0) is 49.2 Å². The molecule has 0 saturated heterocycles. The van der Waals surface area contributed by atoms with Crippen LogP contribution in [0.1, 0.15) is 29.8 Å². The molecule has 6 nitrogen and oxygen atoms in total. The van der Waals surface area contributed by atoms with Gasteiger partial charge >= 0.3 is 5.97 Å². The number of fused-ring (bicyclic) bond motifs is 1. The molecule has 0 aliphatic carbocycles. The number of carbonyl (C=O) groups is 3. The highest BCUT2D eigenvalue weighted by atomic mass is 16.5. The number of para-hydroxylation sites is 1. The molecule has 0 aromatic heterocycles. The number of anilines is 2. The van der Waals surface area contributed by atoms with Crippen molar-refractivity contribution in [1.82, 2.24) is 0 Å². The monoisotopic (exact) mass is 352 g/mol. The molecule has 0 spiro atoms. The maximum atomic E-state index is 12.5. The Hall–Kier alpha value is -3.15. The minimum atomic E-state index is -0.576. The number of hydrogen-bond acceptors (Lipinski definition) is 4. The maximum absolute atomic E-state index is 12.5. The molecule has 0 saturated carbocycles. The number of nitrogens with zero attached hydrogens (tertiary/aromatic N) is 1. The van der Waals surface area contributed by atoms with Gasteiger partial charge in [0.1, 0.15) is 0 Å². The summed E-state index contributed by atoms with van der Waals surface area (Å²) in [6.07, 6.45) is 0.792. The van der Waals surface area contributed by atoms with Gasteiger partial charge in [0.25, 0.3) is 5.91 Å². The van der Waals surface area contributed by atoms with E-state index in [-0.39, 0.29) is 24.5 Å². The number of rotatable bonds is 4. The van der Waals surface area contributed by atoms with Crippen molar-refractivity contribution in [2.24, 2.45) is 0 Å². The zero-order valence-electron chi connectivity index (χ0n) is 14.7. The number of benzene rings is 2. The Morgan fingerprint density at radius 1 is 1.12 bits per heavy atom. The Kier molecular flexibility index (Phi) is 5.02. The van der Waals surface area contributed by atoms with Crippen LogP contribution in [-0.2, 0) is 20.7 Å². The predicted octanol–water partition coefficient (Wildman–Crippen LogP) is 2.78. The highest BCUT2D eigenvalue weighted by molar-refractivity contribution is 5.99. The molecule has 0 fully saturated rings. The Bertz CT molecular complexity index is 845. The fourth-order valence-electron chi connectivity index (χ4n) is 3.12. The van der Waals surface area contributed by atoms with Gasteiger partial charge in [-0.25, -0.2) is 4.79 Å². The van der Waals surface area contributed by atoms with E-state index in [2.05, 4.69) is 5.32 Å². The van der Waals surface area contributed by atoms with Gasteiger partial charge in [-0.2, -0.15) is 0 Å². The van der Waals surface area contributed by atoms with Crippen LogP contribution < -0.4 is 10.2 Å². The summed E-state index contributed by atoms with van der Waals surface area (Å²) in [5.41, 5.74) is 2.91. The molecule has 26 heavy (non-hydrogen) atoms. The molecule has 2 amide bonds. The first-order chi connectivity index (χ1) is 12.5. The van der Waals surface area contributed by atoms with Crippen molar-refractivity contribution in [2.75, 3.05) is 16.8 Å². The molecule has 3 rings (SSSR count). The van der Waals surface area contributed by atoms with Crippen LogP contribution >= 0.6 is 0 Å². The summed E-state index contributed by atoms with van der Waals surface area (Å²) in [4.78, 5) is 37.4. The van der Waals surface area contributed by atoms with Crippen LogP contribution in [0, 0.1) is 0 Å². The van der Waals surface area contributed by atoms with Crippen molar-refractivity contribution in [3.8, 4) is 0 Å². The van der Waals surface area contributed by atoms with E-state index in [0.29, 0.717) is 11.3 Å². The van der Waals surface area contributed by atoms with Crippen LogP contribution in [0.2, 0.25) is 0 Å². The van der Waals surface area contributed by atoms with E-state index in [1.807, 2.05) is 31.2 Å². The summed E-state index contributed by atoms with van der Waals surface area (Å²) in [6, 6.07) is 14.1. The van der Waals surface area contributed by atoms with Crippen molar-refractivity contribution in [2.45, 2.75) is 26.3 Å². The number of amides is 2. The van der Waals surface area contributed by atoms with Gasteiger partial charge in [-0.15, -0.1) is 0 Å². The summed E-state index contributed by atoms with van der Waals surface area (Å²) in [7, 11) is 0. The number of esters is 1. The summed E-state index contributed by atoms with van der Waals surface area (Å²) >= 11 is 0. The first-order valence-corrected chi connectivity index (χ1v) is 8.40. The van der Waals surface area contributed by atoms with E-state index in [0.717, 1.165) is 17.7 Å². The molecule has 6 heteroatoms. The van der Waals surface area contributed by atoms with Gasteiger partial charge in [0.15, 0.2) is 6.61 Å². The number of hydrogen-bond donors (Lipinski definition) is 1. The Morgan fingerprint density at radius 2 is 1.81 bits per heavy atom. The van der Waals surface area contributed by atoms with Crippen molar-refractivity contribution in [3.63, 3.8) is 0 Å². The molecule has 0 radical (unpaired) electrons. The lowest BCUT2D eigenvalue weighted by Crippen LogP contribution is -2.38. The van der Waals surface area contributed by atoms with Crippen LogP contribution in [0.3, 0.4) is 0 Å². The molecular formula is C20H20N2O4. The second-order valence-corrected chi connectivity index (χ2v) is 6.28. The fraction of sp³-hybridized carbons (Fsp3) is 0.250. The zero-order chi connectivity index (χ0) is 18.7. The molecule has 2 aromatic rings. The van der Waals surface area contributed by atoms with Crippen LogP contribution in [-0.4, -0.2) is 30.4 Å². The number of carbonyl (C=O) groups excluding carboxylic acids is 3. The lowest BCUT2D eigenvalue weighted by atomic mass is 10.1. The second kappa shape index (κ2) is 7.39. The standard InChI is InChI=1S/C20H20N2O4/c1-13-11-16-5-3-4-6-18(16)22(13)19(24)12-26-20(25)15-7-9-17(10-8-15)21-14(2)23/h3-10,13H,11-12H2,1-2H3,(H,21,23)/t13-/m0/s1. The molecule has 2 aromatic carbocycles. The number of ether oxygens (including phenoxy) is 1. The van der Waals surface area contributed by atoms with Crippen molar-refractivity contribution >= 4 is 29.2 Å². The predicted molar refractivity (Wildman–Crippen MR) is 98.1 cm³/mol. The van der Waals surface area contributed by atoms with E-state index in [1.54, 1.807) is 29.2 Å². The van der Waals surface area contributed by atoms with Gasteiger partial charge in [-0.1, -0.05) is 18.2 Å². The van der Waals surface area contributed by atoms with Gasteiger partial charge < -0.3 is 15.0 Å². The van der Waals surface area contributed by atoms with Crippen LogP contribution in [0.5, 0.6) is 0 Å². The summed E-state index contributed by atoms with van der Waals surface area (Å²) < 4.78 is 5.17. The Morgan fingerprint density at radius 3 is 2.50 bits per heavy atom. The molecule has 0 bridgehead atoms. The van der Waals surface area contributed by atoms with E-state index in [4.69, 9.17) is 4.74 Å². The fourth-order valence-corrected chi connectivity index (χ4v) is 3.12. The second-order valence-electron chi connectivity index (χ2n) is 6.28. The third-order valence-electron chi connectivity index (χ3n) is 4.24. The quantitative estimate of drug-likeness (QED) is 0.859.